The van der Waals surface area contributed by atoms with E-state index in [1.54, 1.807) is 23.9 Å². The number of rotatable bonds is 7. The second-order valence-electron chi connectivity index (χ2n) is 4.12. The van der Waals surface area contributed by atoms with Crippen LogP contribution in [0.15, 0.2) is 29.2 Å². The first-order valence-corrected chi connectivity index (χ1v) is 8.97. The Morgan fingerprint density at radius 3 is 2.79 bits per heavy atom. The molecule has 0 spiro atoms. The minimum absolute atomic E-state index is 0.188. The Morgan fingerprint density at radius 2 is 2.21 bits per heavy atom. The zero-order chi connectivity index (χ0) is 14.5. The van der Waals surface area contributed by atoms with Gasteiger partial charge in [-0.1, -0.05) is 31.3 Å². The molecule has 1 unspecified atom stereocenters. The lowest BCUT2D eigenvalue weighted by Crippen LogP contribution is -2.26. The molecule has 0 aromatic heterocycles. The van der Waals surface area contributed by atoms with E-state index in [0.29, 0.717) is 17.4 Å². The van der Waals surface area contributed by atoms with Gasteiger partial charge in [0.2, 0.25) is 10.0 Å². The van der Waals surface area contributed by atoms with Gasteiger partial charge in [-0.05, 0) is 24.8 Å². The molecule has 4 nitrogen and oxygen atoms in total. The zero-order valence-corrected chi connectivity index (χ0v) is 13.4. The minimum atomic E-state index is -3.49. The fraction of sp³-hybridized carbons (Fsp3) is 0.417. The first-order chi connectivity index (χ1) is 8.86. The second-order valence-corrected chi connectivity index (χ2v) is 7.61. The molecule has 0 amide bonds. The summed E-state index contributed by atoms with van der Waals surface area (Å²) >= 11 is 6.55. The standard InChI is InChI=1S/C12H18N2O2S3/c1-9(18-2)6-7-14-19(15,16)11-5-3-4-10(8-11)12(13)17/h3-5,8-9,14H,6-7H2,1-2H3,(H2,13,17). The van der Waals surface area contributed by atoms with Crippen LogP contribution in [0, 0.1) is 0 Å². The van der Waals surface area contributed by atoms with E-state index in [1.807, 2.05) is 6.26 Å². The van der Waals surface area contributed by atoms with Gasteiger partial charge in [-0.25, -0.2) is 13.1 Å². The van der Waals surface area contributed by atoms with Crippen LogP contribution in [0.3, 0.4) is 0 Å². The molecule has 1 aromatic carbocycles. The monoisotopic (exact) mass is 318 g/mol. The predicted molar refractivity (Wildman–Crippen MR) is 85.1 cm³/mol. The summed E-state index contributed by atoms with van der Waals surface area (Å²) in [5, 5.41) is 0.422. The summed E-state index contributed by atoms with van der Waals surface area (Å²) in [6.45, 7) is 2.48. The maximum Gasteiger partial charge on any atom is 0.240 e. The number of nitrogens with two attached hydrogens (primary N) is 1. The van der Waals surface area contributed by atoms with Crippen LogP contribution < -0.4 is 10.5 Å². The molecule has 1 rings (SSSR count). The lowest BCUT2D eigenvalue weighted by Gasteiger charge is -2.10. The highest BCUT2D eigenvalue weighted by Gasteiger charge is 2.14. The maximum atomic E-state index is 12.1. The van der Waals surface area contributed by atoms with Crippen molar-refractivity contribution in [2.75, 3.05) is 12.8 Å². The molecule has 0 aliphatic heterocycles. The van der Waals surface area contributed by atoms with Crippen molar-refractivity contribution in [3.8, 4) is 0 Å². The van der Waals surface area contributed by atoms with Gasteiger partial charge in [-0.2, -0.15) is 11.8 Å². The summed E-state index contributed by atoms with van der Waals surface area (Å²) in [6, 6.07) is 6.34. The maximum absolute atomic E-state index is 12.1. The van der Waals surface area contributed by atoms with Crippen LogP contribution in [-0.4, -0.2) is 31.5 Å². The Balaban J connectivity index is 2.77. The summed E-state index contributed by atoms with van der Waals surface area (Å²) in [5.74, 6) is 0. The first-order valence-electron chi connectivity index (χ1n) is 5.79. The first kappa shape index (κ1) is 16.4. The summed E-state index contributed by atoms with van der Waals surface area (Å²) in [5.41, 5.74) is 6.05. The molecular weight excluding hydrogens is 300 g/mol. The van der Waals surface area contributed by atoms with Gasteiger partial charge in [0.25, 0.3) is 0 Å². The Kier molecular flexibility index (Phi) is 6.25. The molecule has 3 N–H and O–H groups in total. The SMILES string of the molecule is CSC(C)CCNS(=O)(=O)c1cccc(C(N)=S)c1. The van der Waals surface area contributed by atoms with Crippen molar-refractivity contribution in [1.29, 1.82) is 0 Å². The van der Waals surface area contributed by atoms with Crippen molar-refractivity contribution in [3.05, 3.63) is 29.8 Å². The number of nitrogens with one attached hydrogen (secondary N) is 1. The predicted octanol–water partition coefficient (Wildman–Crippen LogP) is 1.74. The average Bonchev–Trinajstić information content (AvgIpc) is 2.38. The third-order valence-electron chi connectivity index (χ3n) is 2.67. The molecule has 0 aliphatic rings. The Hall–Kier alpha value is -0.630. The van der Waals surface area contributed by atoms with Gasteiger partial charge in [0, 0.05) is 17.4 Å². The molecule has 0 bridgehead atoms. The topological polar surface area (TPSA) is 72.2 Å². The van der Waals surface area contributed by atoms with Crippen LogP contribution in [0.5, 0.6) is 0 Å². The molecule has 0 aliphatic carbocycles. The highest BCUT2D eigenvalue weighted by Crippen LogP contribution is 2.13. The highest BCUT2D eigenvalue weighted by atomic mass is 32.2. The summed E-state index contributed by atoms with van der Waals surface area (Å²) in [6.07, 6.45) is 2.79. The quantitative estimate of drug-likeness (QED) is 0.749. The van der Waals surface area contributed by atoms with Gasteiger partial charge in [0.05, 0.1) is 4.90 Å². The molecule has 0 saturated heterocycles. The molecule has 1 atom stereocenters. The van der Waals surface area contributed by atoms with Crippen LogP contribution in [0.25, 0.3) is 0 Å². The Bertz CT molecular complexity index is 544. The fourth-order valence-electron chi connectivity index (χ4n) is 1.41. The highest BCUT2D eigenvalue weighted by molar-refractivity contribution is 7.99. The number of sulfonamides is 1. The zero-order valence-electron chi connectivity index (χ0n) is 10.9. The lowest BCUT2D eigenvalue weighted by molar-refractivity contribution is 0.579. The Labute approximate surface area is 124 Å². The van der Waals surface area contributed by atoms with E-state index in [-0.39, 0.29) is 9.88 Å². The van der Waals surface area contributed by atoms with E-state index in [4.69, 9.17) is 18.0 Å². The fourth-order valence-corrected chi connectivity index (χ4v) is 2.99. The van der Waals surface area contributed by atoms with E-state index < -0.39 is 10.0 Å². The number of thioether (sulfide) groups is 1. The second kappa shape index (κ2) is 7.23. The third kappa shape index (κ3) is 5.10. The van der Waals surface area contributed by atoms with Crippen molar-refractivity contribution >= 4 is 39.0 Å². The van der Waals surface area contributed by atoms with Crippen molar-refractivity contribution in [1.82, 2.24) is 4.72 Å². The van der Waals surface area contributed by atoms with Crippen molar-refractivity contribution in [2.45, 2.75) is 23.5 Å². The molecule has 0 fully saturated rings. The summed E-state index contributed by atoms with van der Waals surface area (Å²) in [7, 11) is -3.49. The van der Waals surface area contributed by atoms with Crippen LogP contribution in [0.1, 0.15) is 18.9 Å². The Morgan fingerprint density at radius 1 is 1.53 bits per heavy atom. The normalized spacial score (nSPS) is 13.2. The average molecular weight is 318 g/mol. The van der Waals surface area contributed by atoms with Crippen LogP contribution in [0.4, 0.5) is 0 Å². The molecule has 0 radical (unpaired) electrons. The molecule has 106 valence electrons. The number of benzene rings is 1. The number of hydrogen-bond donors (Lipinski definition) is 2. The van der Waals surface area contributed by atoms with Gasteiger partial charge < -0.3 is 5.73 Å². The van der Waals surface area contributed by atoms with Crippen molar-refractivity contribution in [3.63, 3.8) is 0 Å². The molecule has 0 heterocycles. The van der Waals surface area contributed by atoms with E-state index in [9.17, 15) is 8.42 Å². The van der Waals surface area contributed by atoms with E-state index in [0.717, 1.165) is 6.42 Å². The molecular formula is C12H18N2O2S3. The summed E-state index contributed by atoms with van der Waals surface area (Å²) in [4.78, 5) is 0.377. The van der Waals surface area contributed by atoms with Crippen molar-refractivity contribution in [2.24, 2.45) is 5.73 Å². The lowest BCUT2D eigenvalue weighted by atomic mass is 10.2. The van der Waals surface area contributed by atoms with Gasteiger partial charge in [0.1, 0.15) is 4.99 Å². The van der Waals surface area contributed by atoms with Gasteiger partial charge in [-0.3, -0.25) is 0 Å². The molecule has 1 aromatic rings. The largest absolute Gasteiger partial charge is 0.389 e. The molecule has 0 saturated carbocycles. The van der Waals surface area contributed by atoms with Gasteiger partial charge >= 0.3 is 0 Å². The van der Waals surface area contributed by atoms with Crippen molar-refractivity contribution < 1.29 is 8.42 Å². The smallest absolute Gasteiger partial charge is 0.240 e. The van der Waals surface area contributed by atoms with E-state index in [2.05, 4.69) is 11.6 Å². The molecule has 19 heavy (non-hydrogen) atoms. The van der Waals surface area contributed by atoms with Gasteiger partial charge in [0.15, 0.2) is 0 Å². The van der Waals surface area contributed by atoms with Gasteiger partial charge in [-0.15, -0.1) is 0 Å². The number of thiocarbonyl (C=S) groups is 1. The molecule has 7 heteroatoms. The van der Waals surface area contributed by atoms with E-state index in [1.165, 1.54) is 12.1 Å². The summed E-state index contributed by atoms with van der Waals surface area (Å²) < 4.78 is 26.7. The number of hydrogen-bond acceptors (Lipinski definition) is 4. The van der Waals surface area contributed by atoms with E-state index >= 15 is 0 Å². The minimum Gasteiger partial charge on any atom is -0.389 e. The van der Waals surface area contributed by atoms with Crippen LogP contribution in [0.2, 0.25) is 0 Å². The van der Waals surface area contributed by atoms with Crippen LogP contribution in [-0.2, 0) is 10.0 Å². The van der Waals surface area contributed by atoms with Crippen LogP contribution >= 0.6 is 24.0 Å². The third-order valence-corrected chi connectivity index (χ3v) is 5.41.